The minimum atomic E-state index is -4.64. The molecule has 0 radical (unpaired) electrons. The van der Waals surface area contributed by atoms with Gasteiger partial charge in [-0.15, -0.1) is 0 Å². The van der Waals surface area contributed by atoms with Gasteiger partial charge >= 0.3 is 11.9 Å². The van der Waals surface area contributed by atoms with Crippen LogP contribution in [0.4, 0.5) is 0 Å². The normalized spacial score (nSPS) is 13.8. The van der Waals surface area contributed by atoms with E-state index in [1.807, 2.05) is 21.1 Å². The number of esters is 2. The summed E-state index contributed by atoms with van der Waals surface area (Å²) < 4.78 is 34.2. The van der Waals surface area contributed by atoms with Crippen LogP contribution in [0.15, 0.2) is 72.9 Å². The van der Waals surface area contributed by atoms with Crippen molar-refractivity contribution in [3.8, 4) is 0 Å². The molecule has 10 heteroatoms. The van der Waals surface area contributed by atoms with Gasteiger partial charge < -0.3 is 27.9 Å². The van der Waals surface area contributed by atoms with E-state index < -0.39 is 26.5 Å². The number of unbranched alkanes of at least 4 members (excludes halogenated alkanes) is 28. The van der Waals surface area contributed by atoms with E-state index in [1.165, 1.54) is 148 Å². The molecule has 0 rings (SSSR count). The molecule has 0 bridgehead atoms. The molecule has 0 fully saturated rings. The molecular formula is C62H112NO8P. The molecule has 0 aromatic carbocycles. The average Bonchev–Trinajstić information content (AvgIpc) is 3.34. The quantitative estimate of drug-likeness (QED) is 0.0195. The first-order valence-electron chi connectivity index (χ1n) is 29.6. The molecule has 9 nitrogen and oxygen atoms in total. The van der Waals surface area contributed by atoms with E-state index in [0.29, 0.717) is 17.4 Å². The fourth-order valence-corrected chi connectivity index (χ4v) is 8.88. The van der Waals surface area contributed by atoms with Crippen molar-refractivity contribution in [2.75, 3.05) is 47.5 Å². The number of carbonyl (C=O) groups is 2. The smallest absolute Gasteiger partial charge is 0.306 e. The summed E-state index contributed by atoms with van der Waals surface area (Å²) in [6, 6.07) is 0. The summed E-state index contributed by atoms with van der Waals surface area (Å²) in [6.07, 6.45) is 69.5. The van der Waals surface area contributed by atoms with Crippen LogP contribution in [0.1, 0.15) is 258 Å². The van der Waals surface area contributed by atoms with Crippen LogP contribution in [0.2, 0.25) is 0 Å². The molecule has 0 aromatic rings. The summed E-state index contributed by atoms with van der Waals surface area (Å²) in [5, 5.41) is 0. The van der Waals surface area contributed by atoms with Gasteiger partial charge in [0.15, 0.2) is 6.10 Å². The second-order valence-electron chi connectivity index (χ2n) is 21.0. The van der Waals surface area contributed by atoms with Gasteiger partial charge in [-0.05, 0) is 83.5 Å². The first kappa shape index (κ1) is 69.5. The van der Waals surface area contributed by atoms with E-state index >= 15 is 0 Å². The Hall–Kier alpha value is -2.55. The van der Waals surface area contributed by atoms with Crippen molar-refractivity contribution in [1.82, 2.24) is 0 Å². The number of nitrogens with zero attached hydrogens (tertiary/aromatic N) is 1. The summed E-state index contributed by atoms with van der Waals surface area (Å²) in [5.41, 5.74) is 0. The summed E-state index contributed by atoms with van der Waals surface area (Å²) in [4.78, 5) is 37.9. The van der Waals surface area contributed by atoms with Crippen LogP contribution in [-0.4, -0.2) is 70.0 Å². The third-order valence-corrected chi connectivity index (χ3v) is 13.7. The van der Waals surface area contributed by atoms with Crippen LogP contribution < -0.4 is 4.89 Å². The lowest BCUT2D eigenvalue weighted by Crippen LogP contribution is -2.37. The van der Waals surface area contributed by atoms with Crippen LogP contribution in [-0.2, 0) is 32.7 Å². The van der Waals surface area contributed by atoms with E-state index in [4.69, 9.17) is 18.5 Å². The minimum Gasteiger partial charge on any atom is -0.756 e. The van der Waals surface area contributed by atoms with Crippen molar-refractivity contribution in [3.63, 3.8) is 0 Å². The third-order valence-electron chi connectivity index (χ3n) is 12.7. The fraction of sp³-hybridized carbons (Fsp3) is 0.774. The Morgan fingerprint density at radius 2 is 0.792 bits per heavy atom. The molecule has 2 unspecified atom stereocenters. The van der Waals surface area contributed by atoms with Crippen molar-refractivity contribution in [2.45, 2.75) is 264 Å². The number of likely N-dealkylation sites (N-methyl/N-ethyl adjacent to an activating group) is 1. The topological polar surface area (TPSA) is 111 Å². The Morgan fingerprint density at radius 3 is 1.19 bits per heavy atom. The molecule has 0 saturated heterocycles. The molecule has 0 aliphatic carbocycles. The largest absolute Gasteiger partial charge is 0.756 e. The second kappa shape index (κ2) is 53.3. The molecule has 72 heavy (non-hydrogen) atoms. The fourth-order valence-electron chi connectivity index (χ4n) is 8.15. The average molecular weight is 1030 g/mol. The third kappa shape index (κ3) is 56.7. The molecule has 0 spiro atoms. The number of phosphoric acid groups is 1. The van der Waals surface area contributed by atoms with Crippen molar-refractivity contribution < 1.29 is 42.1 Å². The number of hydrogen-bond acceptors (Lipinski definition) is 8. The Labute approximate surface area is 444 Å². The van der Waals surface area contributed by atoms with Gasteiger partial charge in [0.1, 0.15) is 19.8 Å². The zero-order chi connectivity index (χ0) is 52.7. The van der Waals surface area contributed by atoms with Crippen LogP contribution in [0.3, 0.4) is 0 Å². The molecule has 0 N–H and O–H groups in total. The molecular weight excluding hydrogens is 918 g/mol. The molecule has 0 saturated carbocycles. The summed E-state index contributed by atoms with van der Waals surface area (Å²) in [5.74, 6) is -0.842. The lowest BCUT2D eigenvalue weighted by atomic mass is 10.0. The number of hydrogen-bond donors (Lipinski definition) is 0. The van der Waals surface area contributed by atoms with Crippen LogP contribution in [0.5, 0.6) is 0 Å². The minimum absolute atomic E-state index is 0.0356. The summed E-state index contributed by atoms with van der Waals surface area (Å²) in [6.45, 7) is 4.13. The molecule has 0 aliphatic heterocycles. The monoisotopic (exact) mass is 1030 g/mol. The van der Waals surface area contributed by atoms with E-state index in [1.54, 1.807) is 0 Å². The number of phosphoric ester groups is 1. The summed E-state index contributed by atoms with van der Waals surface area (Å²) >= 11 is 0. The molecule has 418 valence electrons. The van der Waals surface area contributed by atoms with Gasteiger partial charge in [0, 0.05) is 12.8 Å². The maximum atomic E-state index is 12.8. The van der Waals surface area contributed by atoms with Gasteiger partial charge in [-0.25, -0.2) is 0 Å². The van der Waals surface area contributed by atoms with E-state index in [0.717, 1.165) is 77.0 Å². The standard InChI is InChI=1S/C62H112NO8P/c1-6-8-10-12-14-16-18-20-22-24-26-28-30-31-33-34-36-38-40-42-44-46-48-50-52-54-61(64)68-58-60(59-70-72(66,67)69-57-56-63(3,4)5)71-62(65)55-53-51-49-47-45-43-41-39-37-35-32-29-27-25-23-21-19-17-15-13-11-9-7-2/h9,11,15,17,21,23-24,26-27,29,35,37,60H,6-8,10,12-14,16,18-20,22,25,28,30-34,36,38-59H2,1-5H3/b11-9-,17-15-,23-21-,26-24-,29-27-,37-35-. The van der Waals surface area contributed by atoms with Crippen LogP contribution in [0.25, 0.3) is 0 Å². The molecule has 2 atom stereocenters. The number of carbonyl (C=O) groups excluding carboxylic acids is 2. The first-order valence-corrected chi connectivity index (χ1v) is 31.1. The van der Waals surface area contributed by atoms with E-state index in [2.05, 4.69) is 86.8 Å². The number of allylic oxidation sites excluding steroid dienone is 12. The van der Waals surface area contributed by atoms with E-state index in [-0.39, 0.29) is 32.0 Å². The van der Waals surface area contributed by atoms with Gasteiger partial charge in [-0.1, -0.05) is 234 Å². The zero-order valence-corrected chi connectivity index (χ0v) is 48.3. The predicted octanol–water partition coefficient (Wildman–Crippen LogP) is 17.8. The first-order chi connectivity index (χ1) is 35.0. The van der Waals surface area contributed by atoms with E-state index in [9.17, 15) is 19.0 Å². The Balaban J connectivity index is 4.17. The Kier molecular flexibility index (Phi) is 51.4. The van der Waals surface area contributed by atoms with Gasteiger partial charge in [-0.2, -0.15) is 0 Å². The Bertz CT molecular complexity index is 1450. The highest BCUT2D eigenvalue weighted by atomic mass is 31.2. The lowest BCUT2D eigenvalue weighted by Gasteiger charge is -2.28. The zero-order valence-electron chi connectivity index (χ0n) is 47.4. The summed E-state index contributed by atoms with van der Waals surface area (Å²) in [7, 11) is 1.16. The number of ether oxygens (including phenoxy) is 2. The van der Waals surface area contributed by atoms with Crippen LogP contribution >= 0.6 is 7.82 Å². The maximum Gasteiger partial charge on any atom is 0.306 e. The highest BCUT2D eigenvalue weighted by Gasteiger charge is 2.22. The van der Waals surface area contributed by atoms with Crippen molar-refractivity contribution >= 4 is 19.8 Å². The molecule has 0 aliphatic rings. The number of quaternary nitrogens is 1. The van der Waals surface area contributed by atoms with Gasteiger partial charge in [0.2, 0.25) is 0 Å². The lowest BCUT2D eigenvalue weighted by molar-refractivity contribution is -0.870. The SMILES string of the molecule is CC/C=C\C/C=C\C/C=C\C/C=C\C/C=C\CCCCCCCCCC(=O)OC(COC(=O)CCCCCCCCCCCCCCC/C=C\CCCCCCCCCC)COP(=O)([O-])OCC[N+](C)(C)C. The molecule has 0 aromatic heterocycles. The predicted molar refractivity (Wildman–Crippen MR) is 305 cm³/mol. The van der Waals surface area contributed by atoms with Gasteiger partial charge in [0.05, 0.1) is 27.7 Å². The Morgan fingerprint density at radius 1 is 0.444 bits per heavy atom. The van der Waals surface area contributed by atoms with Gasteiger partial charge in [0.25, 0.3) is 7.82 Å². The number of rotatable bonds is 54. The highest BCUT2D eigenvalue weighted by molar-refractivity contribution is 7.45. The molecule has 0 amide bonds. The second-order valence-corrected chi connectivity index (χ2v) is 22.4. The van der Waals surface area contributed by atoms with Crippen molar-refractivity contribution in [1.29, 1.82) is 0 Å². The van der Waals surface area contributed by atoms with Crippen LogP contribution in [0, 0.1) is 0 Å². The van der Waals surface area contributed by atoms with Gasteiger partial charge in [-0.3, -0.25) is 14.2 Å². The highest BCUT2D eigenvalue weighted by Crippen LogP contribution is 2.38. The van der Waals surface area contributed by atoms with Crippen molar-refractivity contribution in [3.05, 3.63) is 72.9 Å². The molecule has 0 heterocycles. The maximum absolute atomic E-state index is 12.8. The van der Waals surface area contributed by atoms with Crippen molar-refractivity contribution in [2.24, 2.45) is 0 Å².